The van der Waals surface area contributed by atoms with E-state index in [4.69, 9.17) is 12.6 Å². The molecule has 0 aliphatic carbocycles. The minimum atomic E-state index is -3.18. The maximum absolute atomic E-state index is 11.4. The van der Waals surface area contributed by atoms with Crippen LogP contribution in [0.3, 0.4) is 0 Å². The fraction of sp³-hybridized carbons (Fsp3) is 0.200. The van der Waals surface area contributed by atoms with Crippen molar-refractivity contribution in [2.24, 2.45) is 0 Å². The van der Waals surface area contributed by atoms with Crippen LogP contribution in [-0.2, 0) is 9.84 Å². The second kappa shape index (κ2) is 5.71. The van der Waals surface area contributed by atoms with Gasteiger partial charge in [-0.3, -0.25) is 0 Å². The Morgan fingerprint density at radius 2 is 1.40 bits per heavy atom. The minimum Gasteiger partial charge on any atom is -0.497 e. The van der Waals surface area contributed by atoms with Gasteiger partial charge in [-0.05, 0) is 41.2 Å². The average Bonchev–Trinajstić information content (AvgIpc) is 2.46. The first-order valence-corrected chi connectivity index (χ1v) is 8.00. The van der Waals surface area contributed by atoms with Crippen LogP contribution >= 0.6 is 0 Å². The largest absolute Gasteiger partial charge is 0.497 e. The van der Waals surface area contributed by atoms with E-state index in [0.717, 1.165) is 16.9 Å². The normalized spacial score (nSPS) is 12.9. The van der Waals surface area contributed by atoms with Gasteiger partial charge in [-0.2, -0.15) is 0 Å². The molecule has 5 heteroatoms. The molecule has 1 atom stereocenters. The van der Waals surface area contributed by atoms with Crippen molar-refractivity contribution in [2.45, 2.75) is 10.7 Å². The van der Waals surface area contributed by atoms with Gasteiger partial charge in [0.1, 0.15) is 5.75 Å². The van der Waals surface area contributed by atoms with Gasteiger partial charge in [0.25, 0.3) is 0 Å². The van der Waals surface area contributed by atoms with E-state index in [-0.39, 0.29) is 5.82 Å². The Labute approximate surface area is 120 Å². The van der Waals surface area contributed by atoms with Crippen LogP contribution in [-0.4, -0.2) is 29.6 Å². The van der Waals surface area contributed by atoms with Gasteiger partial charge >= 0.3 is 0 Å². The Morgan fingerprint density at radius 1 is 0.950 bits per heavy atom. The van der Waals surface area contributed by atoms with Gasteiger partial charge in [-0.15, -0.1) is 0 Å². The molecule has 2 rings (SSSR count). The third kappa shape index (κ3) is 3.22. The van der Waals surface area contributed by atoms with E-state index in [2.05, 4.69) is 0 Å². The lowest BCUT2D eigenvalue weighted by Gasteiger charge is -2.14. The molecule has 0 heterocycles. The highest BCUT2D eigenvalue weighted by molar-refractivity contribution is 7.90. The summed E-state index contributed by atoms with van der Waals surface area (Å²) in [6, 6.07) is 14.1. The predicted octanol–water partition coefficient (Wildman–Crippen LogP) is 2.36. The molecule has 0 saturated carbocycles. The molecule has 0 spiro atoms. The van der Waals surface area contributed by atoms with Crippen molar-refractivity contribution in [1.82, 2.24) is 0 Å². The zero-order valence-corrected chi connectivity index (χ0v) is 12.2. The first kappa shape index (κ1) is 14.7. The molecular formula is C15H15BO3S. The van der Waals surface area contributed by atoms with Crippen LogP contribution in [0.15, 0.2) is 53.4 Å². The Balaban J connectivity index is 2.26. The monoisotopic (exact) mass is 286 g/mol. The van der Waals surface area contributed by atoms with E-state index in [1.54, 1.807) is 31.4 Å². The number of methoxy groups -OCH3 is 1. The zero-order valence-electron chi connectivity index (χ0n) is 11.4. The lowest BCUT2D eigenvalue weighted by atomic mass is 9.76. The molecule has 2 aromatic carbocycles. The summed E-state index contributed by atoms with van der Waals surface area (Å²) in [6.45, 7) is 0. The lowest BCUT2D eigenvalue weighted by Crippen LogP contribution is -2.02. The van der Waals surface area contributed by atoms with Crippen LogP contribution in [0, 0.1) is 0 Å². The third-order valence-electron chi connectivity index (χ3n) is 3.14. The van der Waals surface area contributed by atoms with E-state index in [1.165, 1.54) is 6.26 Å². The molecule has 0 saturated heterocycles. The molecule has 102 valence electrons. The Bertz CT molecular complexity index is 676. The van der Waals surface area contributed by atoms with E-state index in [0.29, 0.717) is 4.90 Å². The summed E-state index contributed by atoms with van der Waals surface area (Å²) in [7, 11) is 4.61. The molecule has 3 nitrogen and oxygen atoms in total. The van der Waals surface area contributed by atoms with E-state index in [1.807, 2.05) is 24.3 Å². The highest BCUT2D eigenvalue weighted by atomic mass is 32.2. The number of sulfone groups is 1. The van der Waals surface area contributed by atoms with Crippen LogP contribution in [0.5, 0.6) is 5.75 Å². The van der Waals surface area contributed by atoms with Gasteiger partial charge < -0.3 is 4.74 Å². The predicted molar refractivity (Wildman–Crippen MR) is 80.1 cm³/mol. The Kier molecular flexibility index (Phi) is 4.19. The SMILES string of the molecule is [B]C(c1ccc(OC)cc1)c1ccc(S(C)(=O)=O)cc1. The van der Waals surface area contributed by atoms with Crippen LogP contribution in [0.25, 0.3) is 0 Å². The molecule has 0 N–H and O–H groups in total. The number of ether oxygens (including phenoxy) is 1. The molecule has 0 amide bonds. The maximum Gasteiger partial charge on any atom is 0.175 e. The minimum absolute atomic E-state index is 0.295. The second-order valence-electron chi connectivity index (χ2n) is 4.59. The molecule has 1 unspecified atom stereocenters. The maximum atomic E-state index is 11.4. The average molecular weight is 286 g/mol. The van der Waals surface area contributed by atoms with Crippen LogP contribution in [0.4, 0.5) is 0 Å². The topological polar surface area (TPSA) is 43.4 Å². The second-order valence-corrected chi connectivity index (χ2v) is 6.61. The molecule has 0 aliphatic heterocycles. The molecule has 2 aromatic rings. The van der Waals surface area contributed by atoms with Crippen molar-refractivity contribution >= 4 is 17.7 Å². The Morgan fingerprint density at radius 3 is 1.80 bits per heavy atom. The summed E-state index contributed by atoms with van der Waals surface area (Å²) >= 11 is 0. The van der Waals surface area contributed by atoms with Gasteiger partial charge in [0.2, 0.25) is 0 Å². The molecule has 0 fully saturated rings. The van der Waals surface area contributed by atoms with Gasteiger partial charge in [-0.1, -0.05) is 24.3 Å². The van der Waals surface area contributed by atoms with E-state index < -0.39 is 9.84 Å². The van der Waals surface area contributed by atoms with Gasteiger partial charge in [0.05, 0.1) is 19.9 Å². The van der Waals surface area contributed by atoms with Crippen LogP contribution < -0.4 is 4.74 Å². The third-order valence-corrected chi connectivity index (χ3v) is 4.27. The number of rotatable bonds is 4. The van der Waals surface area contributed by atoms with Gasteiger partial charge in [0.15, 0.2) is 9.84 Å². The van der Waals surface area contributed by atoms with Crippen molar-refractivity contribution < 1.29 is 13.2 Å². The van der Waals surface area contributed by atoms with Crippen LogP contribution in [0.1, 0.15) is 16.9 Å². The first-order chi connectivity index (χ1) is 9.41. The fourth-order valence-electron chi connectivity index (χ4n) is 1.93. The smallest absolute Gasteiger partial charge is 0.175 e. The number of benzene rings is 2. The van der Waals surface area contributed by atoms with Crippen molar-refractivity contribution in [3.8, 4) is 5.75 Å². The highest BCUT2D eigenvalue weighted by Gasteiger charge is 2.11. The van der Waals surface area contributed by atoms with E-state index in [9.17, 15) is 8.42 Å². The molecule has 0 aromatic heterocycles. The summed E-state index contributed by atoms with van der Waals surface area (Å²) in [5.41, 5.74) is 1.81. The highest BCUT2D eigenvalue weighted by Crippen LogP contribution is 2.24. The first-order valence-electron chi connectivity index (χ1n) is 6.11. The Hall–Kier alpha value is -1.75. The fourth-order valence-corrected chi connectivity index (χ4v) is 2.56. The molecule has 20 heavy (non-hydrogen) atoms. The van der Waals surface area contributed by atoms with Crippen LogP contribution in [0.2, 0.25) is 0 Å². The van der Waals surface area contributed by atoms with Gasteiger partial charge in [0, 0.05) is 6.26 Å². The summed E-state index contributed by atoms with van der Waals surface area (Å²) in [5.74, 6) is 0.475. The number of hydrogen-bond donors (Lipinski definition) is 0. The molecular weight excluding hydrogens is 271 g/mol. The van der Waals surface area contributed by atoms with Crippen molar-refractivity contribution in [2.75, 3.05) is 13.4 Å². The summed E-state index contributed by atoms with van der Waals surface area (Å²) < 4.78 is 27.9. The lowest BCUT2D eigenvalue weighted by molar-refractivity contribution is 0.414. The number of hydrogen-bond acceptors (Lipinski definition) is 3. The van der Waals surface area contributed by atoms with Crippen molar-refractivity contribution in [1.29, 1.82) is 0 Å². The molecule has 2 radical (unpaired) electrons. The standard InChI is InChI=1S/C15H15BO3S/c1-19-13-7-3-11(4-8-13)15(16)12-5-9-14(10-6-12)20(2,17)18/h3-10,15H,1-2H3. The van der Waals surface area contributed by atoms with Crippen molar-refractivity contribution in [3.05, 3.63) is 59.7 Å². The van der Waals surface area contributed by atoms with Gasteiger partial charge in [-0.25, -0.2) is 8.42 Å². The molecule has 0 bridgehead atoms. The van der Waals surface area contributed by atoms with Crippen molar-refractivity contribution in [3.63, 3.8) is 0 Å². The van der Waals surface area contributed by atoms with E-state index >= 15 is 0 Å². The quantitative estimate of drug-likeness (QED) is 0.810. The summed E-state index contributed by atoms with van der Waals surface area (Å²) in [6.07, 6.45) is 1.19. The molecule has 0 aliphatic rings. The summed E-state index contributed by atoms with van der Waals surface area (Å²) in [5, 5.41) is 0. The summed E-state index contributed by atoms with van der Waals surface area (Å²) in [4.78, 5) is 0.295. The zero-order chi connectivity index (χ0) is 14.8.